The number of halogens is 1. The summed E-state index contributed by atoms with van der Waals surface area (Å²) in [5.74, 6) is 0.357. The maximum atomic E-state index is 12.4. The first kappa shape index (κ1) is 20.0. The average Bonchev–Trinajstić information content (AvgIpc) is 3.02. The molecule has 0 bridgehead atoms. The molecule has 1 aromatic rings. The van der Waals surface area contributed by atoms with Gasteiger partial charge in [-0.25, -0.2) is 4.79 Å². The van der Waals surface area contributed by atoms with Crippen LogP contribution in [-0.4, -0.2) is 54.2 Å². The molecule has 1 aromatic heterocycles. The molecule has 0 aromatic carbocycles. The van der Waals surface area contributed by atoms with Crippen LogP contribution < -0.4 is 10.6 Å². The van der Waals surface area contributed by atoms with Crippen LogP contribution in [0.5, 0.6) is 0 Å². The Bertz CT molecular complexity index is 573. The molecule has 6 nitrogen and oxygen atoms in total. The molecule has 140 valence electrons. The van der Waals surface area contributed by atoms with Gasteiger partial charge < -0.3 is 20.6 Å². The standard InChI is InChI=1S/C17H26ClN3O3S/c1-2-19-8-5-13(20-16(22)14-3-4-15(18)25-14)11-12-6-9-21(10-7-12)17(23)24/h3-4,12-13,19H,2,5-11H2,1H3,(H,20,22)(H,23,24). The van der Waals surface area contributed by atoms with Crippen LogP contribution in [0, 0.1) is 5.92 Å². The molecule has 0 saturated carbocycles. The first-order valence-corrected chi connectivity index (χ1v) is 9.93. The highest BCUT2D eigenvalue weighted by Crippen LogP contribution is 2.24. The van der Waals surface area contributed by atoms with Crippen LogP contribution in [0.2, 0.25) is 4.34 Å². The van der Waals surface area contributed by atoms with Gasteiger partial charge >= 0.3 is 6.09 Å². The van der Waals surface area contributed by atoms with Gasteiger partial charge in [-0.15, -0.1) is 11.3 Å². The minimum Gasteiger partial charge on any atom is -0.465 e. The number of carbonyl (C=O) groups is 2. The highest BCUT2D eigenvalue weighted by atomic mass is 35.5. The zero-order valence-corrected chi connectivity index (χ0v) is 16.0. The monoisotopic (exact) mass is 387 g/mol. The van der Waals surface area contributed by atoms with E-state index in [1.54, 1.807) is 12.1 Å². The highest BCUT2D eigenvalue weighted by Gasteiger charge is 2.25. The Kier molecular flexibility index (Phi) is 7.99. The number of hydrogen-bond acceptors (Lipinski definition) is 4. The van der Waals surface area contributed by atoms with Crippen molar-refractivity contribution >= 4 is 34.9 Å². The van der Waals surface area contributed by atoms with Gasteiger partial charge in [-0.05, 0) is 56.8 Å². The Hall–Kier alpha value is -1.31. The number of carbonyl (C=O) groups excluding carboxylic acids is 1. The van der Waals surface area contributed by atoms with Crippen LogP contribution >= 0.6 is 22.9 Å². The van der Waals surface area contributed by atoms with Gasteiger partial charge in [0, 0.05) is 19.1 Å². The molecule has 2 amide bonds. The van der Waals surface area contributed by atoms with Crippen molar-refractivity contribution in [2.45, 2.75) is 38.6 Å². The number of piperidine rings is 1. The number of rotatable bonds is 8. The quantitative estimate of drug-likeness (QED) is 0.598. The molecule has 25 heavy (non-hydrogen) atoms. The van der Waals surface area contributed by atoms with E-state index in [1.807, 2.05) is 0 Å². The molecule has 1 unspecified atom stereocenters. The van der Waals surface area contributed by atoms with Crippen LogP contribution in [0.1, 0.15) is 42.3 Å². The lowest BCUT2D eigenvalue weighted by atomic mass is 9.89. The molecule has 1 saturated heterocycles. The summed E-state index contributed by atoms with van der Waals surface area (Å²) in [7, 11) is 0. The fraction of sp³-hybridized carbons (Fsp3) is 0.647. The van der Waals surface area contributed by atoms with Gasteiger partial charge in [0.05, 0.1) is 9.21 Å². The third-order valence-corrected chi connectivity index (χ3v) is 5.78. The molecular weight excluding hydrogens is 362 g/mol. The lowest BCUT2D eigenvalue weighted by Crippen LogP contribution is -2.42. The maximum absolute atomic E-state index is 12.4. The van der Waals surface area contributed by atoms with Crippen molar-refractivity contribution in [2.75, 3.05) is 26.2 Å². The van der Waals surface area contributed by atoms with Gasteiger partial charge in [-0.3, -0.25) is 4.79 Å². The first-order chi connectivity index (χ1) is 12.0. The molecular formula is C17H26ClN3O3S. The summed E-state index contributed by atoms with van der Waals surface area (Å²) in [6.45, 7) is 4.96. The number of likely N-dealkylation sites (tertiary alicyclic amines) is 1. The van der Waals surface area contributed by atoms with Crippen molar-refractivity contribution in [3.8, 4) is 0 Å². The van der Waals surface area contributed by atoms with E-state index in [0.717, 1.165) is 38.8 Å². The van der Waals surface area contributed by atoms with E-state index in [0.29, 0.717) is 28.2 Å². The smallest absolute Gasteiger partial charge is 0.407 e. The Labute approximate surface area is 157 Å². The summed E-state index contributed by atoms with van der Waals surface area (Å²) in [4.78, 5) is 25.5. The number of hydrogen-bond donors (Lipinski definition) is 3. The van der Waals surface area contributed by atoms with Crippen molar-refractivity contribution in [2.24, 2.45) is 5.92 Å². The van der Waals surface area contributed by atoms with Gasteiger partial charge in [0.25, 0.3) is 5.91 Å². The van der Waals surface area contributed by atoms with E-state index >= 15 is 0 Å². The second kappa shape index (κ2) is 9.99. The first-order valence-electron chi connectivity index (χ1n) is 8.74. The van der Waals surface area contributed by atoms with Crippen LogP contribution in [0.25, 0.3) is 0 Å². The van der Waals surface area contributed by atoms with Gasteiger partial charge in [-0.1, -0.05) is 18.5 Å². The molecule has 0 aliphatic carbocycles. The molecule has 8 heteroatoms. The van der Waals surface area contributed by atoms with E-state index in [2.05, 4.69) is 17.6 Å². The lowest BCUT2D eigenvalue weighted by molar-refractivity contribution is 0.0924. The zero-order valence-electron chi connectivity index (χ0n) is 14.5. The summed E-state index contributed by atoms with van der Waals surface area (Å²) >= 11 is 7.20. The Morgan fingerprint density at radius 1 is 1.40 bits per heavy atom. The molecule has 1 atom stereocenters. The summed E-state index contributed by atoms with van der Waals surface area (Å²) < 4.78 is 0.607. The molecule has 0 radical (unpaired) electrons. The topological polar surface area (TPSA) is 81.7 Å². The zero-order chi connectivity index (χ0) is 18.2. The number of carboxylic acid groups (broad SMARTS) is 1. The van der Waals surface area contributed by atoms with E-state index in [-0.39, 0.29) is 11.9 Å². The van der Waals surface area contributed by atoms with Crippen LogP contribution in [0.15, 0.2) is 12.1 Å². The van der Waals surface area contributed by atoms with E-state index in [9.17, 15) is 9.59 Å². The third-order valence-electron chi connectivity index (χ3n) is 4.55. The minimum absolute atomic E-state index is 0.0776. The summed E-state index contributed by atoms with van der Waals surface area (Å²) in [6.07, 6.45) is 2.60. The predicted octanol–water partition coefficient (Wildman–Crippen LogP) is 3.28. The maximum Gasteiger partial charge on any atom is 0.407 e. The van der Waals surface area contributed by atoms with E-state index in [4.69, 9.17) is 16.7 Å². The van der Waals surface area contributed by atoms with Crippen molar-refractivity contribution in [1.29, 1.82) is 0 Å². The summed E-state index contributed by atoms with van der Waals surface area (Å²) in [6, 6.07) is 3.56. The van der Waals surface area contributed by atoms with Crippen molar-refractivity contribution in [1.82, 2.24) is 15.5 Å². The lowest BCUT2D eigenvalue weighted by Gasteiger charge is -2.32. The molecule has 1 aliphatic rings. The van der Waals surface area contributed by atoms with Gasteiger partial charge in [0.15, 0.2) is 0 Å². The van der Waals surface area contributed by atoms with Crippen molar-refractivity contribution < 1.29 is 14.7 Å². The fourth-order valence-corrected chi connectivity index (χ4v) is 4.10. The Morgan fingerprint density at radius 3 is 2.68 bits per heavy atom. The SMILES string of the molecule is CCNCCC(CC1CCN(C(=O)O)CC1)NC(=O)c1ccc(Cl)s1. The Morgan fingerprint density at radius 2 is 2.12 bits per heavy atom. The second-order valence-electron chi connectivity index (χ2n) is 6.37. The third kappa shape index (κ3) is 6.49. The minimum atomic E-state index is -0.843. The normalized spacial score (nSPS) is 16.6. The second-order valence-corrected chi connectivity index (χ2v) is 8.08. The number of thiophene rings is 1. The molecule has 1 fully saturated rings. The predicted molar refractivity (Wildman–Crippen MR) is 101 cm³/mol. The molecule has 1 aliphatic heterocycles. The largest absolute Gasteiger partial charge is 0.465 e. The number of nitrogens with one attached hydrogen (secondary N) is 2. The summed E-state index contributed by atoms with van der Waals surface area (Å²) in [5.41, 5.74) is 0. The van der Waals surface area contributed by atoms with Crippen LogP contribution in [0.4, 0.5) is 4.79 Å². The molecule has 3 N–H and O–H groups in total. The highest BCUT2D eigenvalue weighted by molar-refractivity contribution is 7.17. The van der Waals surface area contributed by atoms with Crippen molar-refractivity contribution in [3.63, 3.8) is 0 Å². The number of amides is 2. The van der Waals surface area contributed by atoms with Gasteiger partial charge in [0.2, 0.25) is 0 Å². The average molecular weight is 388 g/mol. The summed E-state index contributed by atoms with van der Waals surface area (Å²) in [5, 5.41) is 15.5. The van der Waals surface area contributed by atoms with E-state index in [1.165, 1.54) is 16.2 Å². The number of nitrogens with zero attached hydrogens (tertiary/aromatic N) is 1. The van der Waals surface area contributed by atoms with Crippen molar-refractivity contribution in [3.05, 3.63) is 21.3 Å². The fourth-order valence-electron chi connectivity index (χ4n) is 3.16. The molecule has 2 rings (SSSR count). The van der Waals surface area contributed by atoms with Gasteiger partial charge in [-0.2, -0.15) is 0 Å². The Balaban J connectivity index is 1.89. The van der Waals surface area contributed by atoms with Gasteiger partial charge in [0.1, 0.15) is 0 Å². The van der Waals surface area contributed by atoms with E-state index < -0.39 is 6.09 Å². The molecule has 2 heterocycles. The molecule has 0 spiro atoms. The van der Waals surface area contributed by atoms with Crippen LogP contribution in [0.3, 0.4) is 0 Å². The van der Waals surface area contributed by atoms with Crippen LogP contribution in [-0.2, 0) is 0 Å².